The Morgan fingerprint density at radius 1 is 1.30 bits per heavy atom. The first-order valence-corrected chi connectivity index (χ1v) is 10.7. The van der Waals surface area contributed by atoms with Crippen LogP contribution in [0.3, 0.4) is 0 Å². The molecule has 1 aliphatic heterocycles. The van der Waals surface area contributed by atoms with E-state index in [2.05, 4.69) is 32.9 Å². The summed E-state index contributed by atoms with van der Waals surface area (Å²) in [6.07, 6.45) is 6.22. The van der Waals surface area contributed by atoms with Crippen molar-refractivity contribution in [2.45, 2.75) is 51.6 Å². The number of aromatic hydroxyl groups is 1. The third-order valence-corrected chi connectivity index (χ3v) is 6.64. The molecule has 0 bridgehead atoms. The van der Waals surface area contributed by atoms with Crippen LogP contribution in [-0.4, -0.2) is 23.6 Å². The van der Waals surface area contributed by atoms with Crippen LogP contribution < -0.4 is 9.47 Å². The van der Waals surface area contributed by atoms with Crippen molar-refractivity contribution in [3.63, 3.8) is 0 Å². The molecule has 1 heterocycles. The minimum atomic E-state index is -0.538. The topological polar surface area (TPSA) is 55.8 Å². The molecule has 2 aromatic rings. The van der Waals surface area contributed by atoms with Crippen LogP contribution >= 0.6 is 0 Å². The van der Waals surface area contributed by atoms with Gasteiger partial charge in [-0.15, -0.1) is 0 Å². The Balaban J connectivity index is 1.72. The largest absolute Gasteiger partial charge is 0.507 e. The van der Waals surface area contributed by atoms with Gasteiger partial charge in [0, 0.05) is 24.0 Å². The average molecular weight is 407 g/mol. The Kier molecular flexibility index (Phi) is 5.35. The predicted molar refractivity (Wildman–Crippen MR) is 118 cm³/mol. The lowest BCUT2D eigenvalue weighted by Crippen LogP contribution is -2.36. The Labute approximate surface area is 178 Å². The van der Waals surface area contributed by atoms with E-state index < -0.39 is 5.60 Å². The molecule has 0 saturated carbocycles. The molecular weight excluding hydrogens is 376 g/mol. The van der Waals surface area contributed by atoms with Gasteiger partial charge >= 0.3 is 0 Å². The highest BCUT2D eigenvalue weighted by Gasteiger charge is 2.50. The number of hydrogen-bond acceptors (Lipinski definition) is 4. The van der Waals surface area contributed by atoms with Gasteiger partial charge in [-0.3, -0.25) is 4.79 Å². The molecule has 0 aromatic heterocycles. The smallest absolute Gasteiger partial charge is 0.170 e. The number of ether oxygens (including phenoxy) is 2. The maximum absolute atomic E-state index is 13.2. The number of methoxy groups -OCH3 is 1. The number of rotatable bonds is 6. The Bertz CT molecular complexity index is 976. The summed E-state index contributed by atoms with van der Waals surface area (Å²) in [5.41, 5.74) is 1.76. The highest BCUT2D eigenvalue weighted by molar-refractivity contribution is 6.02. The van der Waals surface area contributed by atoms with E-state index in [9.17, 15) is 9.90 Å². The van der Waals surface area contributed by atoms with Crippen molar-refractivity contribution < 1.29 is 19.4 Å². The van der Waals surface area contributed by atoms with Crippen LogP contribution in [0.25, 0.3) is 0 Å². The number of Topliss-reactive ketones (excluding diaryl/α,β-unsaturated/α-hetero) is 1. The van der Waals surface area contributed by atoms with Crippen molar-refractivity contribution >= 4 is 5.78 Å². The van der Waals surface area contributed by atoms with Crippen LogP contribution in [0, 0.1) is 11.8 Å². The molecule has 4 nitrogen and oxygen atoms in total. The molecule has 0 radical (unpaired) electrons. The highest BCUT2D eigenvalue weighted by atomic mass is 16.5. The lowest BCUT2D eigenvalue weighted by Gasteiger charge is -2.35. The number of carbonyl (C=O) groups excluding carboxylic acids is 1. The number of ketones is 1. The van der Waals surface area contributed by atoms with E-state index in [0.717, 1.165) is 17.5 Å². The third kappa shape index (κ3) is 3.49. The minimum absolute atomic E-state index is 0.0738. The van der Waals surface area contributed by atoms with Crippen molar-refractivity contribution in [2.75, 3.05) is 7.11 Å². The Hall–Kier alpha value is -2.75. The number of carbonyl (C=O) groups is 1. The first-order chi connectivity index (χ1) is 14.3. The number of phenolic OH excluding ortho intramolecular Hbond substituents is 1. The molecule has 4 rings (SSSR count). The van der Waals surface area contributed by atoms with Gasteiger partial charge < -0.3 is 14.6 Å². The second-order valence-electron chi connectivity index (χ2n) is 8.97. The van der Waals surface area contributed by atoms with E-state index in [-0.39, 0.29) is 23.0 Å². The third-order valence-electron chi connectivity index (χ3n) is 6.64. The quantitative estimate of drug-likeness (QED) is 0.495. The van der Waals surface area contributed by atoms with Crippen LogP contribution in [-0.2, 0) is 6.42 Å². The summed E-state index contributed by atoms with van der Waals surface area (Å²) in [6.45, 7) is 6.50. The van der Waals surface area contributed by atoms with Gasteiger partial charge in [-0.1, -0.05) is 50.3 Å². The molecule has 4 heteroatoms. The standard InChI is InChI=1S/C26H30O4/c1-16(2)18-12-13-26(3)19(14-18)23-22(29-4)15-21(28)24(25(23)30-26)20(27)11-10-17-8-6-5-7-9-17/h5-9,12-13,15-16,18-19,28H,10-11,14H2,1-4H3/t18-,19-,26-/m1/s1. The van der Waals surface area contributed by atoms with Crippen LogP contribution in [0.5, 0.6) is 17.2 Å². The Morgan fingerprint density at radius 3 is 2.70 bits per heavy atom. The van der Waals surface area contributed by atoms with Crippen LogP contribution in [0.4, 0.5) is 0 Å². The van der Waals surface area contributed by atoms with Gasteiger partial charge in [-0.05, 0) is 43.2 Å². The van der Waals surface area contributed by atoms with Crippen molar-refractivity contribution in [2.24, 2.45) is 11.8 Å². The summed E-state index contributed by atoms with van der Waals surface area (Å²) in [5.74, 6) is 1.94. The highest BCUT2D eigenvalue weighted by Crippen LogP contribution is 2.57. The second kappa shape index (κ2) is 7.82. The summed E-state index contributed by atoms with van der Waals surface area (Å²) in [5, 5.41) is 10.7. The predicted octanol–water partition coefficient (Wildman–Crippen LogP) is 5.68. The number of aryl methyl sites for hydroxylation is 1. The number of allylic oxidation sites excluding steroid dienone is 1. The normalized spacial score (nSPS) is 24.3. The van der Waals surface area contributed by atoms with Gasteiger partial charge in [0.05, 0.1) is 7.11 Å². The molecule has 30 heavy (non-hydrogen) atoms. The molecule has 2 aromatic carbocycles. The lowest BCUT2D eigenvalue weighted by molar-refractivity contribution is 0.0958. The second-order valence-corrected chi connectivity index (χ2v) is 8.97. The first-order valence-electron chi connectivity index (χ1n) is 10.7. The SMILES string of the molecule is COc1cc(O)c(C(=O)CCc2ccccc2)c2c1[C@H]1C[C@H](C(C)C)C=C[C@@]1(C)O2. The Morgan fingerprint density at radius 2 is 2.03 bits per heavy atom. The van der Waals surface area contributed by atoms with Crippen LogP contribution in [0.1, 0.15) is 61.0 Å². The van der Waals surface area contributed by atoms with E-state index in [1.54, 1.807) is 13.2 Å². The lowest BCUT2D eigenvalue weighted by atomic mass is 9.71. The van der Waals surface area contributed by atoms with E-state index in [1.165, 1.54) is 0 Å². The minimum Gasteiger partial charge on any atom is -0.507 e. The van der Waals surface area contributed by atoms with Crippen molar-refractivity contribution in [1.82, 2.24) is 0 Å². The zero-order valence-electron chi connectivity index (χ0n) is 18.1. The molecule has 0 amide bonds. The van der Waals surface area contributed by atoms with E-state index in [0.29, 0.717) is 36.2 Å². The number of benzene rings is 2. The molecule has 1 N–H and O–H groups in total. The molecular formula is C26H30O4. The monoisotopic (exact) mass is 406 g/mol. The summed E-state index contributed by atoms with van der Waals surface area (Å²) < 4.78 is 12.0. The summed E-state index contributed by atoms with van der Waals surface area (Å²) in [6, 6.07) is 11.5. The van der Waals surface area contributed by atoms with E-state index in [1.807, 2.05) is 30.3 Å². The van der Waals surface area contributed by atoms with E-state index in [4.69, 9.17) is 9.47 Å². The fourth-order valence-electron chi connectivity index (χ4n) is 4.78. The molecule has 0 fully saturated rings. The fourth-order valence-corrected chi connectivity index (χ4v) is 4.78. The van der Waals surface area contributed by atoms with Gasteiger partial charge in [-0.2, -0.15) is 0 Å². The van der Waals surface area contributed by atoms with Crippen molar-refractivity contribution in [3.8, 4) is 17.2 Å². The molecule has 158 valence electrons. The zero-order chi connectivity index (χ0) is 21.5. The molecule has 0 unspecified atom stereocenters. The molecule has 2 aliphatic rings. The summed E-state index contributed by atoms with van der Waals surface area (Å²) >= 11 is 0. The van der Waals surface area contributed by atoms with Gasteiger partial charge in [-0.25, -0.2) is 0 Å². The van der Waals surface area contributed by atoms with Gasteiger partial charge in [0.1, 0.15) is 28.4 Å². The summed E-state index contributed by atoms with van der Waals surface area (Å²) in [4.78, 5) is 13.2. The van der Waals surface area contributed by atoms with Crippen molar-refractivity contribution in [1.29, 1.82) is 0 Å². The number of phenols is 1. The average Bonchev–Trinajstić information content (AvgIpc) is 3.03. The number of hydrogen-bond donors (Lipinski definition) is 1. The molecule has 1 aliphatic carbocycles. The van der Waals surface area contributed by atoms with Gasteiger partial charge in [0.15, 0.2) is 5.78 Å². The summed E-state index contributed by atoms with van der Waals surface area (Å²) in [7, 11) is 1.60. The molecule has 0 saturated heterocycles. The van der Waals surface area contributed by atoms with Gasteiger partial charge in [0.25, 0.3) is 0 Å². The first kappa shape index (κ1) is 20.5. The maximum Gasteiger partial charge on any atom is 0.170 e. The zero-order valence-corrected chi connectivity index (χ0v) is 18.1. The van der Waals surface area contributed by atoms with E-state index >= 15 is 0 Å². The van der Waals surface area contributed by atoms with Crippen molar-refractivity contribution in [3.05, 3.63) is 65.2 Å². The van der Waals surface area contributed by atoms with Gasteiger partial charge in [0.2, 0.25) is 0 Å². The van der Waals surface area contributed by atoms with Crippen LogP contribution in [0.2, 0.25) is 0 Å². The number of fused-ring (bicyclic) bond motifs is 3. The fraction of sp³-hybridized carbons (Fsp3) is 0.423. The molecule has 3 atom stereocenters. The van der Waals surface area contributed by atoms with Crippen LogP contribution in [0.15, 0.2) is 48.6 Å². The maximum atomic E-state index is 13.2. The molecule has 0 spiro atoms.